The average Bonchev–Trinajstić information content (AvgIpc) is 2.48. The van der Waals surface area contributed by atoms with E-state index in [0.29, 0.717) is 30.7 Å². The lowest BCUT2D eigenvalue weighted by atomic mass is 9.97. The molecule has 2 rings (SSSR count). The Balaban J connectivity index is 2.34. The van der Waals surface area contributed by atoms with Crippen molar-refractivity contribution in [3.63, 3.8) is 0 Å². The number of nitrogens with one attached hydrogen (secondary N) is 1. The molecule has 0 aliphatic carbocycles. The summed E-state index contributed by atoms with van der Waals surface area (Å²) in [5, 5.41) is 3.09. The fourth-order valence-corrected chi connectivity index (χ4v) is 3.32. The second-order valence-electron chi connectivity index (χ2n) is 5.69. The molecule has 136 valence electrons. The number of alkyl halides is 6. The molecule has 0 saturated carbocycles. The predicted molar refractivity (Wildman–Crippen MR) is 81.6 cm³/mol. The summed E-state index contributed by atoms with van der Waals surface area (Å²) < 4.78 is 77.2. The average molecular weight is 419 g/mol. The number of benzene rings is 1. The van der Waals surface area contributed by atoms with Gasteiger partial charge >= 0.3 is 12.4 Å². The Hall–Kier alpha value is -0.800. The fraction of sp³-hybridized carbons (Fsp3) is 0.600. The minimum atomic E-state index is -4.53. The summed E-state index contributed by atoms with van der Waals surface area (Å²) in [6.45, 7) is 2.18. The summed E-state index contributed by atoms with van der Waals surface area (Å²) in [7, 11) is 0. The van der Waals surface area contributed by atoms with Gasteiger partial charge in [-0.1, -0.05) is 15.9 Å². The van der Waals surface area contributed by atoms with Gasteiger partial charge in [0.15, 0.2) is 0 Å². The zero-order valence-corrected chi connectivity index (χ0v) is 14.2. The van der Waals surface area contributed by atoms with Gasteiger partial charge in [-0.3, -0.25) is 4.90 Å². The molecule has 1 aliphatic rings. The highest BCUT2D eigenvalue weighted by atomic mass is 79.9. The van der Waals surface area contributed by atoms with Gasteiger partial charge in [0.1, 0.15) is 0 Å². The second-order valence-corrected chi connectivity index (χ2v) is 6.54. The molecule has 0 radical (unpaired) electrons. The van der Waals surface area contributed by atoms with Crippen LogP contribution < -0.4 is 5.32 Å². The van der Waals surface area contributed by atoms with Crippen LogP contribution >= 0.6 is 15.9 Å². The highest BCUT2D eigenvalue weighted by Gasteiger charge is 2.35. The molecule has 1 aromatic rings. The third-order valence-corrected chi connectivity index (χ3v) is 4.70. The van der Waals surface area contributed by atoms with Gasteiger partial charge in [0.25, 0.3) is 0 Å². The first-order valence-corrected chi connectivity index (χ1v) is 8.25. The van der Waals surface area contributed by atoms with E-state index in [9.17, 15) is 26.3 Å². The number of halogens is 7. The van der Waals surface area contributed by atoms with Crippen LogP contribution in [0.5, 0.6) is 0 Å². The maximum Gasteiger partial charge on any atom is 0.416 e. The van der Waals surface area contributed by atoms with Crippen LogP contribution in [0.1, 0.15) is 30.0 Å². The highest BCUT2D eigenvalue weighted by Crippen LogP contribution is 2.38. The first-order valence-electron chi connectivity index (χ1n) is 7.46. The maximum atomic E-state index is 13.0. The fourth-order valence-electron chi connectivity index (χ4n) is 2.80. The smallest absolute Gasteiger partial charge is 0.314 e. The Morgan fingerprint density at radius 1 is 1.08 bits per heavy atom. The Morgan fingerprint density at radius 3 is 2.25 bits per heavy atom. The minimum absolute atomic E-state index is 0.246. The zero-order chi connectivity index (χ0) is 18.0. The molecule has 0 unspecified atom stereocenters. The van der Waals surface area contributed by atoms with Crippen LogP contribution in [0.2, 0.25) is 0 Å². The quantitative estimate of drug-likeness (QED) is 0.709. The van der Waals surface area contributed by atoms with E-state index in [2.05, 4.69) is 21.2 Å². The Bertz CT molecular complexity index is 552. The van der Waals surface area contributed by atoms with Gasteiger partial charge in [0.2, 0.25) is 0 Å². The number of rotatable bonds is 4. The molecule has 1 aromatic carbocycles. The second kappa shape index (κ2) is 7.61. The molecule has 1 aliphatic heterocycles. The van der Waals surface area contributed by atoms with E-state index in [-0.39, 0.29) is 12.0 Å². The summed E-state index contributed by atoms with van der Waals surface area (Å²) in [5.41, 5.74) is -0.608. The molecule has 1 atom stereocenters. The summed E-state index contributed by atoms with van der Waals surface area (Å²) in [6.07, 6.45) is -10.2. The molecular weight excluding hydrogens is 402 g/mol. The molecule has 0 bridgehead atoms. The molecule has 24 heavy (non-hydrogen) atoms. The van der Waals surface area contributed by atoms with Crippen molar-refractivity contribution in [1.29, 1.82) is 0 Å². The monoisotopic (exact) mass is 418 g/mol. The Morgan fingerprint density at radius 2 is 1.71 bits per heavy atom. The van der Waals surface area contributed by atoms with Gasteiger partial charge in [-0.15, -0.1) is 0 Å². The van der Waals surface area contributed by atoms with Crippen molar-refractivity contribution in [2.45, 2.75) is 31.2 Å². The first-order chi connectivity index (χ1) is 11.1. The number of piperazine rings is 1. The summed E-state index contributed by atoms with van der Waals surface area (Å²) >= 11 is 3.19. The van der Waals surface area contributed by atoms with Crippen LogP contribution in [0.4, 0.5) is 26.3 Å². The van der Waals surface area contributed by atoms with E-state index < -0.39 is 30.4 Å². The van der Waals surface area contributed by atoms with E-state index in [0.717, 1.165) is 12.1 Å². The van der Waals surface area contributed by atoms with Gasteiger partial charge in [-0.25, -0.2) is 0 Å². The van der Waals surface area contributed by atoms with Crippen LogP contribution in [0.3, 0.4) is 0 Å². The standard InChI is InChI=1S/C15H17BrF6N2/c16-12-2-1-10(15(20,21)22)9-11(12)13(3-4-14(17,18)19)24-7-5-23-6-8-24/h1-2,9,13,23H,3-8H2/t13-/m1/s1. The normalized spacial score (nSPS) is 18.6. The molecule has 1 heterocycles. The Kier molecular flexibility index (Phi) is 6.19. The lowest BCUT2D eigenvalue weighted by Gasteiger charge is -2.36. The molecule has 1 fully saturated rings. The zero-order valence-electron chi connectivity index (χ0n) is 12.6. The maximum absolute atomic E-state index is 13.0. The molecule has 0 aromatic heterocycles. The van der Waals surface area contributed by atoms with Gasteiger partial charge in [0, 0.05) is 43.1 Å². The molecule has 9 heteroatoms. The van der Waals surface area contributed by atoms with E-state index in [4.69, 9.17) is 0 Å². The number of hydrogen-bond donors (Lipinski definition) is 1. The molecular formula is C15H17BrF6N2. The SMILES string of the molecule is FC(F)(F)CC[C@H](c1cc(C(F)(F)F)ccc1Br)N1CCNCC1. The molecule has 0 spiro atoms. The van der Waals surface area contributed by atoms with Crippen molar-refractivity contribution in [2.75, 3.05) is 26.2 Å². The lowest BCUT2D eigenvalue weighted by molar-refractivity contribution is -0.140. The first kappa shape index (κ1) is 19.5. The van der Waals surface area contributed by atoms with Gasteiger partial charge in [-0.2, -0.15) is 26.3 Å². The molecule has 1 saturated heterocycles. The van der Waals surface area contributed by atoms with Crippen molar-refractivity contribution < 1.29 is 26.3 Å². The summed E-state index contributed by atoms with van der Waals surface area (Å²) in [6, 6.07) is 2.41. The lowest BCUT2D eigenvalue weighted by Crippen LogP contribution is -2.45. The van der Waals surface area contributed by atoms with Crippen LogP contribution in [0, 0.1) is 0 Å². The van der Waals surface area contributed by atoms with Crippen molar-refractivity contribution in [1.82, 2.24) is 10.2 Å². The topological polar surface area (TPSA) is 15.3 Å². The Labute approximate surface area is 144 Å². The highest BCUT2D eigenvalue weighted by molar-refractivity contribution is 9.10. The van der Waals surface area contributed by atoms with Crippen molar-refractivity contribution in [3.8, 4) is 0 Å². The number of nitrogens with zero attached hydrogens (tertiary/aromatic N) is 1. The van der Waals surface area contributed by atoms with E-state index >= 15 is 0 Å². The largest absolute Gasteiger partial charge is 0.416 e. The van der Waals surface area contributed by atoms with E-state index in [1.165, 1.54) is 6.07 Å². The van der Waals surface area contributed by atoms with Crippen LogP contribution in [-0.2, 0) is 6.18 Å². The van der Waals surface area contributed by atoms with Crippen LogP contribution in [0.25, 0.3) is 0 Å². The van der Waals surface area contributed by atoms with Gasteiger partial charge < -0.3 is 5.32 Å². The van der Waals surface area contributed by atoms with Crippen LogP contribution in [0.15, 0.2) is 22.7 Å². The number of hydrogen-bond acceptors (Lipinski definition) is 2. The molecule has 2 nitrogen and oxygen atoms in total. The van der Waals surface area contributed by atoms with Gasteiger partial charge in [0.05, 0.1) is 5.56 Å². The van der Waals surface area contributed by atoms with Crippen LogP contribution in [-0.4, -0.2) is 37.3 Å². The summed E-state index contributed by atoms with van der Waals surface area (Å²) in [4.78, 5) is 1.81. The molecule has 1 N–H and O–H groups in total. The third kappa shape index (κ3) is 5.35. The van der Waals surface area contributed by atoms with Gasteiger partial charge in [-0.05, 0) is 30.2 Å². The molecule has 0 amide bonds. The van der Waals surface area contributed by atoms with Crippen molar-refractivity contribution in [2.24, 2.45) is 0 Å². The van der Waals surface area contributed by atoms with Crippen molar-refractivity contribution in [3.05, 3.63) is 33.8 Å². The predicted octanol–water partition coefficient (Wildman–Crippen LogP) is 4.76. The van der Waals surface area contributed by atoms with Crippen molar-refractivity contribution >= 4 is 15.9 Å². The van der Waals surface area contributed by atoms with E-state index in [1.807, 2.05) is 4.90 Å². The van der Waals surface area contributed by atoms with E-state index in [1.54, 1.807) is 0 Å². The minimum Gasteiger partial charge on any atom is -0.314 e. The third-order valence-electron chi connectivity index (χ3n) is 3.98. The summed E-state index contributed by atoms with van der Waals surface area (Å²) in [5.74, 6) is 0.